The number of hydrogen-bond donors (Lipinski definition) is 0. The van der Waals surface area contributed by atoms with E-state index in [9.17, 15) is 0 Å². The van der Waals surface area contributed by atoms with E-state index in [0.29, 0.717) is 0 Å². The summed E-state index contributed by atoms with van der Waals surface area (Å²) in [5, 5.41) is 2.57. The average molecular weight is 615 g/mol. The van der Waals surface area contributed by atoms with Crippen molar-refractivity contribution in [2.24, 2.45) is 0 Å². The number of hydrogen-bond acceptors (Lipinski definition) is 1. The predicted molar refractivity (Wildman–Crippen MR) is 201 cm³/mol. The molecule has 0 saturated heterocycles. The van der Waals surface area contributed by atoms with Gasteiger partial charge in [-0.15, -0.1) is 0 Å². The molecule has 48 heavy (non-hydrogen) atoms. The lowest BCUT2D eigenvalue weighted by molar-refractivity contribution is 0.660. The summed E-state index contributed by atoms with van der Waals surface area (Å²) in [6.45, 7) is 4.74. The highest BCUT2D eigenvalue weighted by atomic mass is 15.3. The Labute approximate surface area is 279 Å². The molecule has 11 rings (SSSR count). The Hall–Kier alpha value is -5.93. The van der Waals surface area contributed by atoms with Crippen LogP contribution in [0, 0.1) is 0 Å². The molecule has 0 radical (unpaired) electrons. The summed E-state index contributed by atoms with van der Waals surface area (Å²) >= 11 is 0. The van der Waals surface area contributed by atoms with Crippen LogP contribution in [0.15, 0.2) is 152 Å². The molecule has 7 aromatic rings. The van der Waals surface area contributed by atoms with E-state index in [-0.39, 0.29) is 11.5 Å². The normalized spacial score (nSPS) is 17.7. The van der Waals surface area contributed by atoms with Crippen LogP contribution in [-0.2, 0) is 5.41 Å². The van der Waals surface area contributed by atoms with E-state index in [4.69, 9.17) is 0 Å². The van der Waals surface area contributed by atoms with Gasteiger partial charge in [0.25, 0.3) is 0 Å². The average Bonchev–Trinajstić information content (AvgIpc) is 3.73. The van der Waals surface area contributed by atoms with Crippen molar-refractivity contribution in [3.63, 3.8) is 0 Å². The van der Waals surface area contributed by atoms with E-state index in [0.717, 1.165) is 0 Å². The van der Waals surface area contributed by atoms with Crippen LogP contribution in [0.4, 0.5) is 22.7 Å². The highest BCUT2D eigenvalue weighted by molar-refractivity contribution is 6.25. The van der Waals surface area contributed by atoms with Gasteiger partial charge in [-0.2, -0.15) is 4.58 Å². The second-order valence-corrected chi connectivity index (χ2v) is 13.9. The first-order chi connectivity index (χ1) is 23.6. The van der Waals surface area contributed by atoms with Crippen LogP contribution in [0.2, 0.25) is 0 Å². The molecule has 1 unspecified atom stereocenters. The van der Waals surface area contributed by atoms with Crippen LogP contribution in [0.3, 0.4) is 0 Å². The Bertz CT molecular complexity index is 2650. The maximum Gasteiger partial charge on any atom is 0.235 e. The second kappa shape index (κ2) is 9.11. The van der Waals surface area contributed by atoms with E-state index < -0.39 is 0 Å². The first-order valence-corrected chi connectivity index (χ1v) is 16.9. The number of anilines is 2. The zero-order valence-corrected chi connectivity index (χ0v) is 26.9. The Morgan fingerprint density at radius 1 is 0.646 bits per heavy atom. The van der Waals surface area contributed by atoms with E-state index >= 15 is 0 Å². The molecule has 4 aliphatic rings. The Balaban J connectivity index is 1.19. The third kappa shape index (κ3) is 3.16. The summed E-state index contributed by atoms with van der Waals surface area (Å²) in [4.78, 5) is 2.59. The topological polar surface area (TPSA) is 11.2 Å². The molecule has 0 spiro atoms. The number of fused-ring (bicyclic) bond motifs is 12. The van der Waals surface area contributed by atoms with Crippen LogP contribution >= 0.6 is 0 Å². The quantitative estimate of drug-likeness (QED) is 0.176. The molecule has 0 saturated carbocycles. The molecule has 3 heteroatoms. The number of nitrogens with zero attached hydrogens (tertiary/aromatic N) is 3. The van der Waals surface area contributed by atoms with E-state index in [1.807, 2.05) is 0 Å². The van der Waals surface area contributed by atoms with Crippen LogP contribution in [-0.4, -0.2) is 16.3 Å². The monoisotopic (exact) mass is 614 g/mol. The van der Waals surface area contributed by atoms with Gasteiger partial charge in [-0.1, -0.05) is 105 Å². The Kier molecular flexibility index (Phi) is 4.97. The van der Waals surface area contributed by atoms with Gasteiger partial charge in [0.15, 0.2) is 0 Å². The largest absolute Gasteiger partial charge is 0.318 e. The fourth-order valence-corrected chi connectivity index (χ4v) is 9.18. The van der Waals surface area contributed by atoms with Gasteiger partial charge in [0.2, 0.25) is 17.1 Å². The van der Waals surface area contributed by atoms with Crippen molar-refractivity contribution in [1.82, 2.24) is 9.14 Å². The number of aromatic nitrogens is 1. The van der Waals surface area contributed by atoms with Gasteiger partial charge in [0, 0.05) is 51.7 Å². The van der Waals surface area contributed by atoms with Crippen LogP contribution in [0.1, 0.15) is 30.5 Å². The van der Waals surface area contributed by atoms with Crippen molar-refractivity contribution in [3.05, 3.63) is 168 Å². The molecule has 1 atom stereocenters. The zero-order chi connectivity index (χ0) is 31.7. The van der Waals surface area contributed by atoms with E-state index in [1.54, 1.807) is 0 Å². The lowest BCUT2D eigenvalue weighted by Gasteiger charge is -2.32. The van der Waals surface area contributed by atoms with E-state index in [2.05, 4.69) is 180 Å². The lowest BCUT2D eigenvalue weighted by atomic mass is 9.82. The number of allylic oxidation sites excluding steroid dienone is 2. The fourth-order valence-electron chi connectivity index (χ4n) is 9.18. The van der Waals surface area contributed by atoms with Gasteiger partial charge in [-0.05, 0) is 64.2 Å². The summed E-state index contributed by atoms with van der Waals surface area (Å²) in [5.74, 6) is 0. The molecular formula is C45H32N3+. The minimum atomic E-state index is -0.0680. The molecule has 6 aromatic carbocycles. The van der Waals surface area contributed by atoms with Crippen molar-refractivity contribution in [2.75, 3.05) is 4.90 Å². The summed E-state index contributed by atoms with van der Waals surface area (Å²) in [6, 6.07) is 49.4. The molecule has 0 bridgehead atoms. The fraction of sp³-hybridized carbons (Fsp3) is 0.0889. The van der Waals surface area contributed by atoms with Crippen LogP contribution in [0.5, 0.6) is 0 Å². The van der Waals surface area contributed by atoms with E-state index in [1.165, 1.54) is 89.3 Å². The summed E-state index contributed by atoms with van der Waals surface area (Å²) in [6.07, 6.45) is 6.95. The van der Waals surface area contributed by atoms with Crippen molar-refractivity contribution >= 4 is 55.8 Å². The highest BCUT2D eigenvalue weighted by Gasteiger charge is 2.49. The molecule has 3 nitrogen and oxygen atoms in total. The summed E-state index contributed by atoms with van der Waals surface area (Å²) < 4.78 is 5.00. The molecule has 0 N–H and O–H groups in total. The second-order valence-electron chi connectivity index (χ2n) is 13.9. The van der Waals surface area contributed by atoms with Crippen molar-refractivity contribution in [1.29, 1.82) is 0 Å². The standard InChI is InChI=1S/C45H32N3/c1-45(2)35-18-8-6-15-30(35)31-24-23-29(27-36(31)45)46-38-20-10-11-21-39(38)48-40-26-25-33-32-16-7-9-19-37(32)47(28-13-4-3-5-14-28)44(33)42(40)34-17-12-22-41(46)43(34)48/h3-27,43H,1-2H3/q+1. The molecule has 0 amide bonds. The summed E-state index contributed by atoms with van der Waals surface area (Å²) in [7, 11) is 0. The van der Waals surface area contributed by atoms with Crippen molar-refractivity contribution in [3.8, 4) is 16.8 Å². The smallest absolute Gasteiger partial charge is 0.235 e. The number of para-hydroxylation sites is 4. The lowest BCUT2D eigenvalue weighted by Crippen LogP contribution is -2.43. The van der Waals surface area contributed by atoms with Crippen LogP contribution in [0.25, 0.3) is 44.2 Å². The maximum absolute atomic E-state index is 2.59. The number of rotatable bonds is 2. The molecule has 2 aliphatic heterocycles. The van der Waals surface area contributed by atoms with Gasteiger partial charge in [-0.3, -0.25) is 0 Å². The van der Waals surface area contributed by atoms with Gasteiger partial charge >= 0.3 is 0 Å². The third-order valence-corrected chi connectivity index (χ3v) is 11.2. The maximum atomic E-state index is 2.59. The minimum Gasteiger partial charge on any atom is -0.318 e. The molecule has 0 fully saturated rings. The number of benzene rings is 6. The first-order valence-electron chi connectivity index (χ1n) is 16.9. The molecule has 2 aliphatic carbocycles. The molecule has 226 valence electrons. The SMILES string of the molecule is CC1(C)c2ccccc2-c2ccc([N+]3=C4C=CC=C5c6c(ccc7c8ccccc8n(-c8ccccc8)c67)N(c6ccccc63)C54)cc21. The highest BCUT2D eigenvalue weighted by Crippen LogP contribution is 2.56. The summed E-state index contributed by atoms with van der Waals surface area (Å²) in [5.41, 5.74) is 18.0. The third-order valence-electron chi connectivity index (χ3n) is 11.2. The van der Waals surface area contributed by atoms with Crippen molar-refractivity contribution in [2.45, 2.75) is 25.3 Å². The van der Waals surface area contributed by atoms with Gasteiger partial charge in [0.1, 0.15) is 11.7 Å². The van der Waals surface area contributed by atoms with Crippen LogP contribution < -0.4 is 9.48 Å². The zero-order valence-electron chi connectivity index (χ0n) is 26.9. The molecular weight excluding hydrogens is 583 g/mol. The predicted octanol–water partition coefficient (Wildman–Crippen LogP) is 10.9. The molecule has 3 heterocycles. The Morgan fingerprint density at radius 2 is 1.42 bits per heavy atom. The Morgan fingerprint density at radius 3 is 2.33 bits per heavy atom. The molecule has 1 aromatic heterocycles. The first kappa shape index (κ1) is 26.2. The van der Waals surface area contributed by atoms with Gasteiger partial charge in [0.05, 0.1) is 16.7 Å². The van der Waals surface area contributed by atoms with Gasteiger partial charge in [-0.25, -0.2) is 0 Å². The van der Waals surface area contributed by atoms with Gasteiger partial charge < -0.3 is 9.47 Å². The van der Waals surface area contributed by atoms with Crippen molar-refractivity contribution < 1.29 is 0 Å². The minimum absolute atomic E-state index is 0.0613.